The van der Waals surface area contributed by atoms with Crippen molar-refractivity contribution in [3.8, 4) is 0 Å². The molecular weight excluding hydrogens is 522 g/mol. The highest BCUT2D eigenvalue weighted by atomic mass is 32.2. The molecule has 1 aromatic carbocycles. The Morgan fingerprint density at radius 2 is 2.08 bits per heavy atom. The van der Waals surface area contributed by atoms with Crippen molar-refractivity contribution in [2.24, 2.45) is 22.4 Å². The average molecular weight is 574 g/mol. The third-order valence-electron chi connectivity index (χ3n) is 6.13. The van der Waals surface area contributed by atoms with Gasteiger partial charge < -0.3 is 36.9 Å². The first-order chi connectivity index (χ1) is 19.5. The number of nitrogens with two attached hydrogens (primary N) is 2. The van der Waals surface area contributed by atoms with Crippen LogP contribution in [0.1, 0.15) is 62.2 Å². The largest absolute Gasteiger partial charge is 0.400 e. The molecule has 0 amide bonds. The topological polar surface area (TPSA) is 153 Å². The van der Waals surface area contributed by atoms with E-state index in [1.54, 1.807) is 11.9 Å². The number of aliphatic hydroxyl groups excluding tert-OH is 1. The summed E-state index contributed by atoms with van der Waals surface area (Å²) in [5.41, 5.74) is 12.8. The van der Waals surface area contributed by atoms with Gasteiger partial charge in [-0.15, -0.1) is 0 Å². The van der Waals surface area contributed by atoms with Gasteiger partial charge in [0.05, 0.1) is 6.61 Å². The van der Waals surface area contributed by atoms with E-state index >= 15 is 0 Å². The number of piperidine rings is 1. The SMILES string of the molecule is C=N/C(=C\C=C/CCCCCC1CCCN(c2cc(NSCC)ccc2C=O)C1)NC.CN.N=C/C=C(\N)CO. The van der Waals surface area contributed by atoms with Gasteiger partial charge in [-0.3, -0.25) is 4.79 Å². The van der Waals surface area contributed by atoms with Crippen LogP contribution in [-0.2, 0) is 0 Å². The van der Waals surface area contributed by atoms with Crippen LogP contribution >= 0.6 is 11.9 Å². The van der Waals surface area contributed by atoms with Crippen molar-refractivity contribution in [2.45, 2.75) is 51.9 Å². The maximum absolute atomic E-state index is 11.6. The number of nitrogens with zero attached hydrogens (tertiary/aromatic N) is 2. The molecule has 1 heterocycles. The minimum absolute atomic E-state index is 0.171. The van der Waals surface area contributed by atoms with Gasteiger partial charge in [0.2, 0.25) is 0 Å². The predicted molar refractivity (Wildman–Crippen MR) is 176 cm³/mol. The lowest BCUT2D eigenvalue weighted by molar-refractivity contribution is 0.112. The summed E-state index contributed by atoms with van der Waals surface area (Å²) in [6, 6.07) is 6.07. The van der Waals surface area contributed by atoms with E-state index in [1.807, 2.05) is 31.3 Å². The summed E-state index contributed by atoms with van der Waals surface area (Å²) in [5, 5.41) is 17.6. The number of aldehydes is 1. The number of carbonyl (C=O) groups excluding carboxylic acids is 1. The molecule has 1 unspecified atom stereocenters. The molecule has 9 nitrogen and oxygen atoms in total. The monoisotopic (exact) mass is 573 g/mol. The number of benzene rings is 1. The summed E-state index contributed by atoms with van der Waals surface area (Å²) in [7, 11) is 3.35. The Labute approximate surface area is 245 Å². The standard InChI is InChI=1S/C25H38N4OS.C4H8N2O.CH5N/c1-4-31-28-23-16-15-22(20-30)24(18-23)29-17-11-13-21(19-29)12-9-7-5-6-8-10-14-25(26-2)27-3;5-2-1-4(6)3-7;1-2/h8,10,14-16,18,20-21,27-28H,2,4-7,9,11-13,17,19H2,1,3H3;1-2,5,7H,3,6H2;2H2,1H3/b10-8-,25-14+;4-1-,5-2?;. The van der Waals surface area contributed by atoms with Crippen LogP contribution in [0.5, 0.6) is 0 Å². The van der Waals surface area contributed by atoms with Crippen LogP contribution in [0.3, 0.4) is 0 Å². The molecule has 224 valence electrons. The number of aliphatic hydroxyl groups is 1. The second-order valence-electron chi connectivity index (χ2n) is 8.97. The fourth-order valence-corrected chi connectivity index (χ4v) is 4.60. The van der Waals surface area contributed by atoms with Crippen LogP contribution in [0, 0.1) is 11.3 Å². The molecule has 0 spiro atoms. The zero-order valence-electron chi connectivity index (χ0n) is 24.6. The zero-order chi connectivity index (χ0) is 30.0. The van der Waals surface area contributed by atoms with Gasteiger partial charge in [0.1, 0.15) is 5.82 Å². The summed E-state index contributed by atoms with van der Waals surface area (Å²) in [5.74, 6) is 2.51. The average Bonchev–Trinajstić information content (AvgIpc) is 3.00. The van der Waals surface area contributed by atoms with E-state index in [-0.39, 0.29) is 6.61 Å². The molecule has 1 aliphatic rings. The first-order valence-electron chi connectivity index (χ1n) is 13.9. The van der Waals surface area contributed by atoms with Gasteiger partial charge in [0.15, 0.2) is 6.29 Å². The van der Waals surface area contributed by atoms with Crippen LogP contribution < -0.4 is 26.4 Å². The number of nitrogens with one attached hydrogen (secondary N) is 3. The Balaban J connectivity index is 0.00000147. The number of hydrogen-bond donors (Lipinski definition) is 6. The lowest BCUT2D eigenvalue weighted by atomic mass is 9.91. The maximum Gasteiger partial charge on any atom is 0.152 e. The molecule has 40 heavy (non-hydrogen) atoms. The molecule has 8 N–H and O–H groups in total. The Kier molecular flexibility index (Phi) is 23.0. The predicted octanol–water partition coefficient (Wildman–Crippen LogP) is 5.11. The van der Waals surface area contributed by atoms with Crippen molar-refractivity contribution in [1.29, 1.82) is 5.41 Å². The Bertz CT molecular complexity index is 935. The van der Waals surface area contributed by atoms with Crippen molar-refractivity contribution in [3.05, 3.63) is 59.6 Å². The smallest absolute Gasteiger partial charge is 0.152 e. The van der Waals surface area contributed by atoms with E-state index in [4.69, 9.17) is 16.2 Å². The van der Waals surface area contributed by atoms with Gasteiger partial charge in [-0.05, 0) is 82.1 Å². The minimum Gasteiger partial charge on any atom is -0.400 e. The number of carbonyl (C=O) groups is 1. The Morgan fingerprint density at radius 1 is 1.30 bits per heavy atom. The fourth-order valence-electron chi connectivity index (χ4n) is 4.16. The summed E-state index contributed by atoms with van der Waals surface area (Å²) in [4.78, 5) is 17.9. The van der Waals surface area contributed by atoms with Gasteiger partial charge in [0, 0.05) is 54.7 Å². The van der Waals surface area contributed by atoms with Crippen LogP contribution in [0.15, 0.2) is 59.0 Å². The van der Waals surface area contributed by atoms with E-state index in [2.05, 4.69) is 51.4 Å². The first-order valence-corrected chi connectivity index (χ1v) is 14.9. The van der Waals surface area contributed by atoms with Crippen LogP contribution in [0.25, 0.3) is 0 Å². The summed E-state index contributed by atoms with van der Waals surface area (Å²) in [6.45, 7) is 7.57. The molecule has 2 rings (SSSR count). The second kappa shape index (κ2) is 24.9. The highest BCUT2D eigenvalue weighted by molar-refractivity contribution is 8.00. The highest BCUT2D eigenvalue weighted by Gasteiger charge is 2.21. The fraction of sp³-hybridized carbons (Fsp3) is 0.500. The Morgan fingerprint density at radius 3 is 2.67 bits per heavy atom. The van der Waals surface area contributed by atoms with Crippen molar-refractivity contribution in [1.82, 2.24) is 5.32 Å². The quantitative estimate of drug-likeness (QED) is 0.0524. The van der Waals surface area contributed by atoms with Crippen LogP contribution in [0.4, 0.5) is 11.4 Å². The van der Waals surface area contributed by atoms with Crippen molar-refractivity contribution in [3.63, 3.8) is 0 Å². The highest BCUT2D eigenvalue weighted by Crippen LogP contribution is 2.31. The summed E-state index contributed by atoms with van der Waals surface area (Å²) >= 11 is 1.68. The molecule has 0 aliphatic carbocycles. The van der Waals surface area contributed by atoms with Crippen molar-refractivity contribution in [2.75, 3.05) is 49.2 Å². The molecule has 0 radical (unpaired) electrons. The van der Waals surface area contributed by atoms with E-state index in [0.29, 0.717) is 11.6 Å². The lowest BCUT2D eigenvalue weighted by Gasteiger charge is -2.35. The molecule has 10 heteroatoms. The van der Waals surface area contributed by atoms with Crippen LogP contribution in [0.2, 0.25) is 0 Å². The molecule has 0 saturated carbocycles. The second-order valence-corrected chi connectivity index (χ2v) is 10.0. The molecular formula is C30H51N7O2S. The molecule has 1 fully saturated rings. The molecule has 1 atom stereocenters. The third kappa shape index (κ3) is 16.1. The van der Waals surface area contributed by atoms with Gasteiger partial charge >= 0.3 is 0 Å². The first kappa shape index (κ1) is 36.9. The third-order valence-corrected chi connectivity index (χ3v) is 6.80. The molecule has 0 bridgehead atoms. The Hall–Kier alpha value is -3.08. The van der Waals surface area contributed by atoms with Gasteiger partial charge in [0.25, 0.3) is 0 Å². The van der Waals surface area contributed by atoms with Gasteiger partial charge in [-0.2, -0.15) is 0 Å². The summed E-state index contributed by atoms with van der Waals surface area (Å²) in [6.07, 6.45) is 18.2. The number of rotatable bonds is 16. The van der Waals surface area contributed by atoms with E-state index in [0.717, 1.165) is 60.5 Å². The van der Waals surface area contributed by atoms with E-state index < -0.39 is 0 Å². The zero-order valence-corrected chi connectivity index (χ0v) is 25.4. The van der Waals surface area contributed by atoms with E-state index in [1.165, 1.54) is 51.6 Å². The van der Waals surface area contributed by atoms with Gasteiger partial charge in [-0.1, -0.05) is 43.9 Å². The molecule has 1 saturated heterocycles. The molecule has 0 aromatic heterocycles. The van der Waals surface area contributed by atoms with Crippen LogP contribution in [-0.4, -0.2) is 63.9 Å². The molecule has 1 aromatic rings. The number of anilines is 2. The molecule has 1 aliphatic heterocycles. The summed E-state index contributed by atoms with van der Waals surface area (Å²) < 4.78 is 3.37. The number of aliphatic imine (C=N–C) groups is 1. The van der Waals surface area contributed by atoms with Crippen molar-refractivity contribution >= 4 is 42.5 Å². The lowest BCUT2D eigenvalue weighted by Crippen LogP contribution is -2.36. The van der Waals surface area contributed by atoms with Gasteiger partial charge in [-0.25, -0.2) is 4.99 Å². The number of hydrogen-bond acceptors (Lipinski definition) is 10. The van der Waals surface area contributed by atoms with E-state index in [9.17, 15) is 4.79 Å². The number of unbranched alkanes of at least 4 members (excludes halogenated alkanes) is 3. The van der Waals surface area contributed by atoms with Crippen molar-refractivity contribution < 1.29 is 9.90 Å². The maximum atomic E-state index is 11.6. The number of allylic oxidation sites excluding steroid dienone is 4. The normalized spacial score (nSPS) is 15.3. The minimum atomic E-state index is -0.171.